The Labute approximate surface area is 118 Å². The first-order chi connectivity index (χ1) is 8.50. The number of hydrogen-bond donors (Lipinski definition) is 0. The number of hydrogen-bond acceptors (Lipinski definition) is 0. The van der Waals surface area contributed by atoms with E-state index in [2.05, 4.69) is 0 Å². The van der Waals surface area contributed by atoms with Crippen LogP contribution >= 0.6 is 0 Å². The molecule has 0 N–H and O–H groups in total. The van der Waals surface area contributed by atoms with E-state index >= 15 is 0 Å². The molecule has 0 radical (unpaired) electrons. The fraction of sp³-hybridized carbons (Fsp3) is 0.0714. The first-order valence-corrected chi connectivity index (χ1v) is 6.53. The number of rotatable bonds is 2. The number of halogens is 3. The minimum atomic E-state index is -4.31. The van der Waals surface area contributed by atoms with Gasteiger partial charge >= 0.3 is 118 Å². The standard InChI is InChI=1S/C14H9F3.Zr/c15-14(16,17)13-9-5-4-8-12(13)10-11-6-2-1-3-7-11;/h1-9H;/q;+2. The monoisotopic (exact) mass is 324 g/mol. The Morgan fingerprint density at radius 3 is 2.00 bits per heavy atom. The van der Waals surface area contributed by atoms with Gasteiger partial charge < -0.3 is 0 Å². The molecular weight excluding hydrogens is 316 g/mol. The van der Waals surface area contributed by atoms with Gasteiger partial charge in [0.1, 0.15) is 0 Å². The number of alkyl halides is 3. The fourth-order valence-corrected chi connectivity index (χ4v) is 2.65. The van der Waals surface area contributed by atoms with E-state index in [1.807, 2.05) is 30.3 Å². The molecule has 0 aromatic heterocycles. The summed E-state index contributed by atoms with van der Waals surface area (Å²) < 4.78 is 39.5. The Balaban J connectivity index is 2.50. The van der Waals surface area contributed by atoms with Gasteiger partial charge in [-0.1, -0.05) is 0 Å². The molecule has 0 aliphatic heterocycles. The van der Waals surface area contributed by atoms with E-state index in [1.165, 1.54) is 12.1 Å². The summed E-state index contributed by atoms with van der Waals surface area (Å²) in [6.07, 6.45) is -4.31. The van der Waals surface area contributed by atoms with Gasteiger partial charge in [0.2, 0.25) is 0 Å². The van der Waals surface area contributed by atoms with Crippen molar-refractivity contribution in [1.29, 1.82) is 0 Å². The third-order valence-electron chi connectivity index (χ3n) is 2.56. The zero-order valence-corrected chi connectivity index (χ0v) is 11.8. The van der Waals surface area contributed by atoms with Crippen LogP contribution in [0.2, 0.25) is 0 Å². The molecule has 88 valence electrons. The van der Waals surface area contributed by atoms with E-state index in [4.69, 9.17) is 0 Å². The summed E-state index contributed by atoms with van der Waals surface area (Å²) in [6, 6.07) is 14.9. The van der Waals surface area contributed by atoms with E-state index in [0.717, 1.165) is 39.1 Å². The molecule has 2 aromatic carbocycles. The summed E-state index contributed by atoms with van der Waals surface area (Å²) in [6.45, 7) is 0. The molecule has 0 bridgehead atoms. The van der Waals surface area contributed by atoms with Crippen molar-refractivity contribution in [1.82, 2.24) is 0 Å². The molecule has 2 rings (SSSR count). The molecule has 0 unspecified atom stereocenters. The van der Waals surface area contributed by atoms with Gasteiger partial charge in [-0.3, -0.25) is 0 Å². The third kappa shape index (κ3) is 2.86. The van der Waals surface area contributed by atoms with Crippen LogP contribution in [0, 0.1) is 0 Å². The summed E-state index contributed by atoms with van der Waals surface area (Å²) in [4.78, 5) is 0. The quantitative estimate of drug-likeness (QED) is 0.787. The molecule has 0 amide bonds. The average Bonchev–Trinajstić information content (AvgIpc) is 2.38. The Kier molecular flexibility index (Phi) is 3.96. The van der Waals surface area contributed by atoms with E-state index in [1.54, 1.807) is 6.07 Å². The van der Waals surface area contributed by atoms with Gasteiger partial charge in [-0.05, 0) is 0 Å². The topological polar surface area (TPSA) is 0 Å². The molecule has 0 saturated heterocycles. The third-order valence-corrected chi connectivity index (χ3v) is 3.94. The fourth-order valence-electron chi connectivity index (χ4n) is 1.71. The van der Waals surface area contributed by atoms with Crippen molar-refractivity contribution >= 4 is 3.21 Å². The van der Waals surface area contributed by atoms with Crippen molar-refractivity contribution in [3.8, 4) is 0 Å². The van der Waals surface area contributed by atoms with E-state index < -0.39 is 11.7 Å². The molecule has 4 heteroatoms. The minimum absolute atomic E-state index is 0.273. The second-order valence-corrected chi connectivity index (χ2v) is 5.01. The van der Waals surface area contributed by atoms with E-state index in [9.17, 15) is 13.2 Å². The van der Waals surface area contributed by atoms with Gasteiger partial charge in [-0.25, -0.2) is 0 Å². The van der Waals surface area contributed by atoms with Crippen molar-refractivity contribution in [3.63, 3.8) is 0 Å². The van der Waals surface area contributed by atoms with Crippen molar-refractivity contribution in [3.05, 3.63) is 71.3 Å². The molecule has 2 aromatic rings. The van der Waals surface area contributed by atoms with Crippen LogP contribution in [-0.2, 0) is 30.4 Å². The Bertz CT molecular complexity index is 559. The van der Waals surface area contributed by atoms with Crippen LogP contribution in [0.15, 0.2) is 54.6 Å². The van der Waals surface area contributed by atoms with Gasteiger partial charge in [0.25, 0.3) is 0 Å². The van der Waals surface area contributed by atoms with Gasteiger partial charge in [0.05, 0.1) is 0 Å². The molecule has 0 atom stereocenters. The van der Waals surface area contributed by atoms with Gasteiger partial charge in [0, 0.05) is 0 Å². The second kappa shape index (κ2) is 5.31. The molecule has 0 fully saturated rings. The maximum absolute atomic E-state index is 12.9. The first kappa shape index (κ1) is 13.4. The molecule has 0 heterocycles. The molecular formula is C14H9F3Zr+2. The van der Waals surface area contributed by atoms with Gasteiger partial charge in [-0.15, -0.1) is 0 Å². The predicted molar refractivity (Wildman–Crippen MR) is 61.1 cm³/mol. The van der Waals surface area contributed by atoms with Crippen LogP contribution < -0.4 is 0 Å². The van der Waals surface area contributed by atoms with Gasteiger partial charge in [0.15, 0.2) is 0 Å². The zero-order chi connectivity index (χ0) is 13.2. The number of benzene rings is 2. The Hall–Kier alpha value is -1.02. The van der Waals surface area contributed by atoms with Crippen LogP contribution in [0.5, 0.6) is 0 Å². The Morgan fingerprint density at radius 2 is 1.39 bits per heavy atom. The molecule has 18 heavy (non-hydrogen) atoms. The maximum atomic E-state index is 12.9. The van der Waals surface area contributed by atoms with Crippen LogP contribution in [-0.4, -0.2) is 3.21 Å². The second-order valence-electron chi connectivity index (χ2n) is 3.78. The zero-order valence-electron chi connectivity index (χ0n) is 9.33. The first-order valence-electron chi connectivity index (χ1n) is 5.30. The SMILES string of the molecule is FC(F)(F)c1ccccc1[C](=[Zr+2])c1ccccc1. The van der Waals surface area contributed by atoms with Gasteiger partial charge in [-0.2, -0.15) is 0 Å². The van der Waals surface area contributed by atoms with Crippen LogP contribution in [0.4, 0.5) is 13.2 Å². The molecule has 0 aliphatic carbocycles. The summed E-state index contributed by atoms with van der Waals surface area (Å²) in [5.74, 6) is 0. The van der Waals surface area contributed by atoms with Crippen molar-refractivity contribution in [2.45, 2.75) is 6.18 Å². The summed E-state index contributed by atoms with van der Waals surface area (Å²) >= 11 is 0.966. The van der Waals surface area contributed by atoms with Crippen molar-refractivity contribution < 1.29 is 37.4 Å². The summed E-state index contributed by atoms with van der Waals surface area (Å²) in [5, 5.41) is 0. The van der Waals surface area contributed by atoms with E-state index in [0.29, 0.717) is 0 Å². The average molecular weight is 325 g/mol. The van der Waals surface area contributed by atoms with Crippen molar-refractivity contribution in [2.24, 2.45) is 0 Å². The molecule has 0 nitrogen and oxygen atoms in total. The van der Waals surface area contributed by atoms with Crippen molar-refractivity contribution in [2.75, 3.05) is 0 Å². The molecule has 0 aliphatic rings. The van der Waals surface area contributed by atoms with Crippen LogP contribution in [0.25, 0.3) is 0 Å². The van der Waals surface area contributed by atoms with Crippen LogP contribution in [0.1, 0.15) is 16.7 Å². The summed E-state index contributed by atoms with van der Waals surface area (Å²) in [7, 11) is 0. The van der Waals surface area contributed by atoms with Crippen LogP contribution in [0.3, 0.4) is 0 Å². The Morgan fingerprint density at radius 1 is 0.833 bits per heavy atom. The molecule has 0 spiro atoms. The normalized spacial score (nSPS) is 11.4. The predicted octanol–water partition coefficient (Wildman–Crippen LogP) is 3.82. The summed E-state index contributed by atoms with van der Waals surface area (Å²) in [5.41, 5.74) is 0.544. The molecule has 0 saturated carbocycles. The van der Waals surface area contributed by atoms with E-state index in [-0.39, 0.29) is 5.56 Å².